The van der Waals surface area contributed by atoms with Gasteiger partial charge in [-0.15, -0.1) is 0 Å². The first-order valence-corrected chi connectivity index (χ1v) is 25.9. The van der Waals surface area contributed by atoms with Crippen molar-refractivity contribution in [1.29, 1.82) is 0 Å². The summed E-state index contributed by atoms with van der Waals surface area (Å²) in [5.74, 6) is -3.37. The van der Waals surface area contributed by atoms with E-state index in [0.29, 0.717) is 76.1 Å². The number of ether oxygens (including phenoxy) is 6. The molecule has 4 rings (SSSR count). The second-order valence-corrected chi connectivity index (χ2v) is 20.4. The normalized spacial score (nSPS) is 28.9. The van der Waals surface area contributed by atoms with E-state index in [1.54, 1.807) is 27.7 Å². The third-order valence-corrected chi connectivity index (χ3v) is 14.2. The third kappa shape index (κ3) is 28.6. The van der Waals surface area contributed by atoms with Crippen LogP contribution < -0.4 is 10.2 Å². The molecule has 4 saturated heterocycles. The van der Waals surface area contributed by atoms with Crippen LogP contribution in [-0.4, -0.2) is 208 Å². The van der Waals surface area contributed by atoms with Crippen molar-refractivity contribution in [3.8, 4) is 0 Å². The largest absolute Gasteiger partial charge is 2.00 e. The average molecular weight is 1090 g/mol. The number of aliphatic carboxylic acids is 2. The maximum absolute atomic E-state index is 12.0. The maximum Gasteiger partial charge on any atom is 2.00 e. The van der Waals surface area contributed by atoms with Gasteiger partial charge < -0.3 is 95.3 Å². The zero-order chi connectivity index (χ0) is 51.9. The predicted octanol–water partition coefficient (Wildman–Crippen LogP) is -0.339. The molecule has 0 aromatic heterocycles. The number of carbonyl (C=O) groups excluding carboxylic acids is 4. The molecule has 4 aliphatic rings. The molecule has 0 bridgehead atoms. The number of unbranched alkanes of at least 4 members (excludes halogenated alkanes) is 10. The van der Waals surface area contributed by atoms with Crippen molar-refractivity contribution in [3.63, 3.8) is 0 Å². The zero-order valence-electron chi connectivity index (χ0n) is 44.7. The van der Waals surface area contributed by atoms with Crippen molar-refractivity contribution in [2.75, 3.05) is 26.4 Å². The second-order valence-electron chi connectivity index (χ2n) is 20.4. The van der Waals surface area contributed by atoms with E-state index in [4.69, 9.17) is 28.4 Å². The number of rotatable bonds is 32. The van der Waals surface area contributed by atoms with Gasteiger partial charge in [0.1, 0.15) is 12.2 Å². The molecule has 21 nitrogen and oxygen atoms in total. The van der Waals surface area contributed by atoms with Gasteiger partial charge in [-0.05, 0) is 91.9 Å². The van der Waals surface area contributed by atoms with Gasteiger partial charge in [-0.3, -0.25) is 0 Å². The quantitative estimate of drug-likeness (QED) is 0.0165. The molecule has 0 saturated carbocycles. The molecule has 0 radical (unpaired) electrons. The van der Waals surface area contributed by atoms with Gasteiger partial charge in [-0.2, -0.15) is 0 Å². The first-order chi connectivity index (χ1) is 33.2. The predicted molar refractivity (Wildman–Crippen MR) is 269 cm³/mol. The summed E-state index contributed by atoms with van der Waals surface area (Å²) in [5, 5.41) is 82.4. The summed E-state index contributed by atoms with van der Waals surface area (Å²) >= 11 is 0. The van der Waals surface area contributed by atoms with Crippen molar-refractivity contribution < 1.29 is 105 Å². The summed E-state index contributed by atoms with van der Waals surface area (Å²) in [6.45, 7) is 12.1. The fraction of sp³-hybridized carbons (Fsp3) is 0.846. The van der Waals surface area contributed by atoms with Gasteiger partial charge in [0.05, 0.1) is 87.5 Å². The van der Waals surface area contributed by atoms with Crippen LogP contribution in [0.5, 0.6) is 0 Å². The minimum atomic E-state index is -1.06. The molecule has 22 heteroatoms. The van der Waals surface area contributed by atoms with E-state index in [1.165, 1.54) is 12.2 Å². The van der Waals surface area contributed by atoms with Gasteiger partial charge >= 0.3 is 49.7 Å². The molecule has 74 heavy (non-hydrogen) atoms. The topological polar surface area (TPSA) is 392 Å². The minimum absolute atomic E-state index is 0. The van der Waals surface area contributed by atoms with Crippen LogP contribution in [0.4, 0.5) is 0 Å². The summed E-state index contributed by atoms with van der Waals surface area (Å²) in [4.78, 5) is 44.8. The number of aliphatic hydroxyl groups is 6. The van der Waals surface area contributed by atoms with Crippen molar-refractivity contribution in [3.05, 3.63) is 23.3 Å². The van der Waals surface area contributed by atoms with E-state index >= 15 is 0 Å². The molecule has 0 amide bonds. The van der Waals surface area contributed by atoms with Gasteiger partial charge in [0.25, 0.3) is 0 Å². The van der Waals surface area contributed by atoms with E-state index in [0.717, 1.165) is 64.2 Å². The molecular formula is C52H92CaO21. The molecule has 428 valence electrons. The Bertz CT molecular complexity index is 1510. The van der Waals surface area contributed by atoms with Gasteiger partial charge in [0.2, 0.25) is 0 Å². The Labute approximate surface area is 467 Å². The number of hydrogen-bond donors (Lipinski definition) is 6. The summed E-state index contributed by atoms with van der Waals surface area (Å²) in [7, 11) is 0. The number of hydrogen-bond acceptors (Lipinski definition) is 18. The number of carbonyl (C=O) groups is 4. The van der Waals surface area contributed by atoms with Crippen LogP contribution in [0.2, 0.25) is 0 Å². The fourth-order valence-electron chi connectivity index (χ4n) is 9.16. The average Bonchev–Trinajstić information content (AvgIpc) is 4.23. The van der Waals surface area contributed by atoms with Crippen molar-refractivity contribution in [1.82, 2.24) is 0 Å². The van der Waals surface area contributed by atoms with Crippen LogP contribution >= 0.6 is 0 Å². The molecule has 0 unspecified atom stereocenters. The first-order valence-electron chi connectivity index (χ1n) is 25.9. The van der Waals surface area contributed by atoms with Crippen molar-refractivity contribution >= 4 is 61.6 Å². The van der Waals surface area contributed by atoms with E-state index in [-0.39, 0.29) is 115 Å². The Kier molecular flexibility index (Phi) is 39.5. The van der Waals surface area contributed by atoms with E-state index < -0.39 is 72.7 Å². The SMILES string of the molecule is C/C(=C\C(=O)OCCCCCCCCC(=O)[O-])C[C@@H]1OC[C@H](C[C@@H]2O[C@H]2[C@@H](C)[C@H](C)O)[C@@H](O)[C@H]1O.C/C(=C\C(=O)OCCCCCCCCC(=O)[O-])C[C@@H]1OC[C@H](C[C@@H]2O[C@H]2[C@@H](C)[C@H](C)O)[C@@H](O)[C@H]1O.O.O.O.[Ca+2]. The molecule has 0 aliphatic carbocycles. The standard InChI is InChI=1S/2C26H44O9.Ca.3H2O/c2*1-16(13-23(30)33-11-9-7-5-4-6-8-10-22(28)29)12-20-25(32)24(31)19(15-34-20)14-21-26(35-21)17(2)18(3)27;;;;/h2*13,17-21,24-27,31-32H,4-12,14-15H2,1-3H3,(H,28,29);;3*1H2/q;;+2;;;/p-2/b2*16-13+;;;;/t2*17-,18-,19-,20-,21-,24+,25-,26-;;;;/m00..../s1. The Morgan fingerprint density at radius 1 is 0.527 bits per heavy atom. The minimum Gasteiger partial charge on any atom is -0.550 e. The molecule has 0 aromatic carbocycles. The first kappa shape index (κ1) is 74.2. The molecule has 0 aromatic rings. The number of aliphatic hydroxyl groups excluding tert-OH is 6. The smallest absolute Gasteiger partial charge is 0.550 e. The Balaban J connectivity index is 0. The summed E-state index contributed by atoms with van der Waals surface area (Å²) < 4.78 is 33.4. The molecule has 4 fully saturated rings. The Morgan fingerprint density at radius 3 is 1.15 bits per heavy atom. The van der Waals surface area contributed by atoms with Crippen molar-refractivity contribution in [2.45, 2.75) is 230 Å². The van der Waals surface area contributed by atoms with Crippen LogP contribution in [-0.2, 0) is 47.6 Å². The Morgan fingerprint density at radius 2 is 0.838 bits per heavy atom. The van der Waals surface area contributed by atoms with E-state index in [1.807, 2.05) is 13.8 Å². The van der Waals surface area contributed by atoms with Gasteiger partial charge in [-0.25, -0.2) is 9.59 Å². The van der Waals surface area contributed by atoms with Crippen LogP contribution in [0.1, 0.15) is 157 Å². The zero-order valence-corrected chi connectivity index (χ0v) is 46.9. The van der Waals surface area contributed by atoms with Crippen molar-refractivity contribution in [2.24, 2.45) is 23.7 Å². The van der Waals surface area contributed by atoms with Crippen LogP contribution in [0.25, 0.3) is 0 Å². The molecule has 0 spiro atoms. The van der Waals surface area contributed by atoms with Crippen LogP contribution in [0.15, 0.2) is 23.3 Å². The third-order valence-electron chi connectivity index (χ3n) is 14.2. The second kappa shape index (κ2) is 39.5. The summed E-state index contributed by atoms with van der Waals surface area (Å²) in [5.41, 5.74) is 1.41. The van der Waals surface area contributed by atoms with Crippen LogP contribution in [0, 0.1) is 23.7 Å². The fourth-order valence-corrected chi connectivity index (χ4v) is 9.16. The molecule has 12 N–H and O–H groups in total. The molecule has 4 aliphatic heterocycles. The monoisotopic (exact) mass is 1090 g/mol. The number of carboxylic acids is 2. The summed E-state index contributed by atoms with van der Waals surface area (Å²) in [6.07, 6.45) is 8.59. The maximum atomic E-state index is 12.0. The van der Waals surface area contributed by atoms with Gasteiger partial charge in [0.15, 0.2) is 0 Å². The number of carboxylic acid groups (broad SMARTS) is 2. The molecule has 16 atom stereocenters. The Hall–Kier alpha value is -1.90. The van der Waals surface area contributed by atoms with Gasteiger partial charge in [0, 0.05) is 47.8 Å². The summed E-state index contributed by atoms with van der Waals surface area (Å²) in [6, 6.07) is 0. The van der Waals surface area contributed by atoms with E-state index in [9.17, 15) is 60.0 Å². The molecular weight excluding hydrogens is 1000 g/mol. The number of esters is 2. The number of epoxide rings is 2. The molecule has 4 heterocycles. The van der Waals surface area contributed by atoms with Crippen LogP contribution in [0.3, 0.4) is 0 Å². The van der Waals surface area contributed by atoms with Gasteiger partial charge in [-0.1, -0.05) is 76.4 Å². The van der Waals surface area contributed by atoms with E-state index in [2.05, 4.69) is 0 Å².